The molecule has 4 aliphatic carbocycles. The summed E-state index contributed by atoms with van der Waals surface area (Å²) in [6, 6.07) is 0. The lowest BCUT2D eigenvalue weighted by Gasteiger charge is -2.61. The summed E-state index contributed by atoms with van der Waals surface area (Å²) >= 11 is 0. The van der Waals surface area contributed by atoms with Crippen LogP contribution in [0.15, 0.2) is 11.6 Å². The molecule has 3 nitrogen and oxygen atoms in total. The summed E-state index contributed by atoms with van der Waals surface area (Å²) in [7, 11) is 0. The molecule has 0 saturated heterocycles. The van der Waals surface area contributed by atoms with E-state index in [1.54, 1.807) is 0 Å². The fourth-order valence-electron chi connectivity index (χ4n) is 8.84. The van der Waals surface area contributed by atoms with Crippen molar-refractivity contribution in [3.63, 3.8) is 0 Å². The molecule has 0 heterocycles. The van der Waals surface area contributed by atoms with Crippen LogP contribution in [0.3, 0.4) is 0 Å². The lowest BCUT2D eigenvalue weighted by atomic mass is 9.45. The molecular weight excluding hydrogens is 372 g/mol. The molecule has 3 N–H and O–H groups in total. The summed E-state index contributed by atoms with van der Waals surface area (Å²) in [5.41, 5.74) is 1.05. The van der Waals surface area contributed by atoms with E-state index < -0.39 is 12.2 Å². The summed E-state index contributed by atoms with van der Waals surface area (Å²) in [6.45, 7) is 11.8. The number of fused-ring (bicyclic) bond motifs is 5. The summed E-state index contributed by atoms with van der Waals surface area (Å²) in [4.78, 5) is 0. The zero-order valence-corrected chi connectivity index (χ0v) is 20.0. The summed E-state index contributed by atoms with van der Waals surface area (Å²) in [5.74, 6) is 3.46. The van der Waals surface area contributed by atoms with E-state index in [1.807, 2.05) is 0 Å². The van der Waals surface area contributed by atoms with Crippen molar-refractivity contribution in [3.05, 3.63) is 11.6 Å². The van der Waals surface area contributed by atoms with Gasteiger partial charge in [0.1, 0.15) is 0 Å². The van der Waals surface area contributed by atoms with Gasteiger partial charge in [-0.1, -0.05) is 65.5 Å². The van der Waals surface area contributed by atoms with E-state index in [0.29, 0.717) is 30.6 Å². The van der Waals surface area contributed by atoms with E-state index in [9.17, 15) is 15.3 Å². The van der Waals surface area contributed by atoms with Crippen LogP contribution in [0.1, 0.15) is 92.4 Å². The molecule has 4 rings (SSSR count). The standard InChI is InChI=1S/C27H46O3/c1-16(2)7-6-8-17(3)21-11-12-22-20-10-9-18-13-19(28)14-24(30)27(18,5)25(20)23(29)15-26(21,22)4/h9,16-17,19-25,28-30H,6-8,10-15H2,1-5H3/t17-,19-,20+,21-,22+,23-,24+,25-,26-,27-/m1/s1. The van der Waals surface area contributed by atoms with Gasteiger partial charge >= 0.3 is 0 Å². The Morgan fingerprint density at radius 1 is 1.07 bits per heavy atom. The van der Waals surface area contributed by atoms with Crippen molar-refractivity contribution in [1.82, 2.24) is 0 Å². The van der Waals surface area contributed by atoms with Crippen LogP contribution in [0, 0.1) is 46.3 Å². The van der Waals surface area contributed by atoms with Crippen LogP contribution >= 0.6 is 0 Å². The predicted molar refractivity (Wildman–Crippen MR) is 122 cm³/mol. The lowest BCUT2D eigenvalue weighted by Crippen LogP contribution is -2.60. The molecular formula is C27H46O3. The molecule has 0 bridgehead atoms. The normalized spacial score (nSPS) is 49.2. The number of aliphatic hydroxyl groups is 3. The second-order valence-corrected chi connectivity index (χ2v) is 12.4. The monoisotopic (exact) mass is 418 g/mol. The predicted octanol–water partition coefficient (Wildman–Crippen LogP) is 5.33. The van der Waals surface area contributed by atoms with Gasteiger partial charge in [-0.15, -0.1) is 0 Å². The van der Waals surface area contributed by atoms with Gasteiger partial charge in [0.25, 0.3) is 0 Å². The first kappa shape index (κ1) is 22.8. The number of rotatable bonds is 5. The van der Waals surface area contributed by atoms with E-state index in [-0.39, 0.29) is 22.9 Å². The Morgan fingerprint density at radius 2 is 1.80 bits per heavy atom. The maximum absolute atomic E-state index is 11.6. The third-order valence-corrected chi connectivity index (χ3v) is 10.3. The van der Waals surface area contributed by atoms with Crippen molar-refractivity contribution in [2.24, 2.45) is 46.3 Å². The minimum atomic E-state index is -0.550. The minimum Gasteiger partial charge on any atom is -0.393 e. The fourth-order valence-corrected chi connectivity index (χ4v) is 8.84. The Labute approximate surface area is 184 Å². The second-order valence-electron chi connectivity index (χ2n) is 12.4. The first-order valence-corrected chi connectivity index (χ1v) is 12.8. The highest BCUT2D eigenvalue weighted by Gasteiger charge is 2.63. The maximum atomic E-state index is 11.6. The average Bonchev–Trinajstić information content (AvgIpc) is 2.99. The first-order valence-electron chi connectivity index (χ1n) is 12.8. The molecule has 0 unspecified atom stereocenters. The molecule has 0 aromatic carbocycles. The Kier molecular flexibility index (Phi) is 6.23. The van der Waals surface area contributed by atoms with E-state index in [0.717, 1.165) is 24.7 Å². The van der Waals surface area contributed by atoms with Gasteiger partial charge in [0.2, 0.25) is 0 Å². The van der Waals surface area contributed by atoms with Crippen LogP contribution in [-0.4, -0.2) is 33.6 Å². The highest BCUT2D eigenvalue weighted by Crippen LogP contribution is 2.67. The van der Waals surface area contributed by atoms with E-state index in [2.05, 4.69) is 40.7 Å². The Morgan fingerprint density at radius 3 is 2.50 bits per heavy atom. The van der Waals surface area contributed by atoms with E-state index in [1.165, 1.54) is 37.7 Å². The molecule has 3 saturated carbocycles. The van der Waals surface area contributed by atoms with Gasteiger partial charge in [-0.25, -0.2) is 0 Å². The van der Waals surface area contributed by atoms with Crippen molar-refractivity contribution in [3.8, 4) is 0 Å². The van der Waals surface area contributed by atoms with Crippen LogP contribution < -0.4 is 0 Å². The third kappa shape index (κ3) is 3.52. The van der Waals surface area contributed by atoms with Gasteiger partial charge in [0.05, 0.1) is 18.3 Å². The summed E-state index contributed by atoms with van der Waals surface area (Å²) in [6.07, 6.45) is 10.5. The van der Waals surface area contributed by atoms with Gasteiger partial charge in [-0.2, -0.15) is 0 Å². The second kappa shape index (κ2) is 8.19. The number of hydrogen-bond acceptors (Lipinski definition) is 3. The van der Waals surface area contributed by atoms with Crippen molar-refractivity contribution < 1.29 is 15.3 Å². The summed E-state index contributed by atoms with van der Waals surface area (Å²) < 4.78 is 0. The largest absolute Gasteiger partial charge is 0.393 e. The van der Waals surface area contributed by atoms with Gasteiger partial charge in [0, 0.05) is 11.8 Å². The Balaban J connectivity index is 1.57. The average molecular weight is 419 g/mol. The van der Waals surface area contributed by atoms with Crippen LogP contribution in [0.25, 0.3) is 0 Å². The zero-order chi connectivity index (χ0) is 21.8. The molecule has 0 spiro atoms. The molecule has 0 aliphatic heterocycles. The smallest absolute Gasteiger partial charge is 0.0659 e. The topological polar surface area (TPSA) is 60.7 Å². The molecule has 172 valence electrons. The molecule has 3 fully saturated rings. The van der Waals surface area contributed by atoms with Crippen molar-refractivity contribution in [2.45, 2.75) is 111 Å². The molecule has 0 aromatic heterocycles. The fraction of sp³-hybridized carbons (Fsp3) is 0.926. The van der Waals surface area contributed by atoms with Crippen LogP contribution in [-0.2, 0) is 0 Å². The molecule has 4 aliphatic rings. The van der Waals surface area contributed by atoms with E-state index >= 15 is 0 Å². The first-order chi connectivity index (χ1) is 14.1. The summed E-state index contributed by atoms with van der Waals surface area (Å²) in [5, 5.41) is 32.8. The van der Waals surface area contributed by atoms with Gasteiger partial charge < -0.3 is 15.3 Å². The lowest BCUT2D eigenvalue weighted by molar-refractivity contribution is -0.159. The van der Waals surface area contributed by atoms with Gasteiger partial charge in [0.15, 0.2) is 0 Å². The van der Waals surface area contributed by atoms with Crippen molar-refractivity contribution in [2.75, 3.05) is 0 Å². The quantitative estimate of drug-likeness (QED) is 0.529. The third-order valence-electron chi connectivity index (χ3n) is 10.3. The zero-order valence-electron chi connectivity index (χ0n) is 20.0. The minimum absolute atomic E-state index is 0.132. The van der Waals surface area contributed by atoms with Gasteiger partial charge in [-0.05, 0) is 73.0 Å². The van der Waals surface area contributed by atoms with Crippen LogP contribution in [0.2, 0.25) is 0 Å². The highest BCUT2D eigenvalue weighted by molar-refractivity contribution is 5.28. The Bertz CT molecular complexity index is 656. The molecule has 0 radical (unpaired) electrons. The Hall–Kier alpha value is -0.380. The van der Waals surface area contributed by atoms with Crippen LogP contribution in [0.5, 0.6) is 0 Å². The van der Waals surface area contributed by atoms with Crippen molar-refractivity contribution in [1.29, 1.82) is 0 Å². The number of aliphatic hydroxyl groups excluding tert-OH is 3. The molecule has 10 atom stereocenters. The van der Waals surface area contributed by atoms with E-state index in [4.69, 9.17) is 0 Å². The SMILES string of the molecule is CC(C)CCC[C@@H](C)[C@H]1CC[C@H]2[C@@H]3CC=C4C[C@@H](O)C[C@H](O)[C@]4(C)[C@H]3[C@H](O)C[C@]12C. The van der Waals surface area contributed by atoms with Gasteiger partial charge in [-0.3, -0.25) is 0 Å². The van der Waals surface area contributed by atoms with Crippen molar-refractivity contribution >= 4 is 0 Å². The maximum Gasteiger partial charge on any atom is 0.0659 e. The highest BCUT2D eigenvalue weighted by atomic mass is 16.3. The molecule has 0 aromatic rings. The van der Waals surface area contributed by atoms with Crippen LogP contribution in [0.4, 0.5) is 0 Å². The molecule has 0 amide bonds. The number of hydrogen-bond donors (Lipinski definition) is 3. The molecule has 3 heteroatoms. The molecule has 30 heavy (non-hydrogen) atoms. The number of allylic oxidation sites excluding steroid dienone is 1.